The second kappa shape index (κ2) is 7.05. The predicted octanol–water partition coefficient (Wildman–Crippen LogP) is 3.96. The smallest absolute Gasteiger partial charge is 0.214 e. The van der Waals surface area contributed by atoms with Crippen molar-refractivity contribution in [1.29, 1.82) is 0 Å². The van der Waals surface area contributed by atoms with Crippen LogP contribution in [0, 0.1) is 0 Å². The molecule has 2 aromatic carbocycles. The van der Waals surface area contributed by atoms with E-state index in [9.17, 15) is 0 Å². The third kappa shape index (κ3) is 3.43. The van der Waals surface area contributed by atoms with Crippen LogP contribution in [0.5, 0.6) is 5.88 Å². The summed E-state index contributed by atoms with van der Waals surface area (Å²) in [6.45, 7) is 0.896. The van der Waals surface area contributed by atoms with Crippen molar-refractivity contribution in [1.82, 2.24) is 10.3 Å². The Kier molecular flexibility index (Phi) is 4.66. The predicted molar refractivity (Wildman–Crippen MR) is 90.1 cm³/mol. The molecule has 3 rings (SSSR count). The van der Waals surface area contributed by atoms with Gasteiger partial charge in [-0.25, -0.2) is 4.98 Å². The minimum Gasteiger partial charge on any atom is -0.469 e. The molecule has 0 bridgehead atoms. The van der Waals surface area contributed by atoms with Crippen LogP contribution in [-0.4, -0.2) is 18.6 Å². The summed E-state index contributed by atoms with van der Waals surface area (Å²) in [7, 11) is 1.95. The highest BCUT2D eigenvalue weighted by Crippen LogP contribution is 2.25. The molecule has 0 saturated heterocycles. The van der Waals surface area contributed by atoms with E-state index < -0.39 is 0 Å². The fourth-order valence-electron chi connectivity index (χ4n) is 2.50. The molecular weight excluding hydrogens is 272 g/mol. The Morgan fingerprint density at radius 1 is 0.955 bits per heavy atom. The van der Waals surface area contributed by atoms with Gasteiger partial charge in [-0.1, -0.05) is 48.5 Å². The number of nitrogens with one attached hydrogen (secondary N) is 1. The zero-order valence-electron chi connectivity index (χ0n) is 12.7. The molecule has 0 aliphatic rings. The molecule has 0 saturated carbocycles. The van der Waals surface area contributed by atoms with Crippen LogP contribution in [0.25, 0.3) is 10.9 Å². The quantitative estimate of drug-likeness (QED) is 0.746. The number of rotatable bonds is 6. The summed E-state index contributed by atoms with van der Waals surface area (Å²) in [5, 5.41) is 4.31. The van der Waals surface area contributed by atoms with Crippen molar-refractivity contribution in [2.24, 2.45) is 0 Å². The van der Waals surface area contributed by atoms with E-state index in [0.29, 0.717) is 5.88 Å². The van der Waals surface area contributed by atoms with Crippen LogP contribution < -0.4 is 10.1 Å². The molecule has 1 atom stereocenters. The van der Waals surface area contributed by atoms with Gasteiger partial charge in [0, 0.05) is 17.9 Å². The molecule has 0 radical (unpaired) electrons. The van der Waals surface area contributed by atoms with E-state index >= 15 is 0 Å². The van der Waals surface area contributed by atoms with E-state index in [1.54, 1.807) is 0 Å². The monoisotopic (exact) mass is 292 g/mol. The normalized spacial score (nSPS) is 12.2. The fourth-order valence-corrected chi connectivity index (χ4v) is 2.50. The van der Waals surface area contributed by atoms with E-state index in [0.717, 1.165) is 23.9 Å². The molecule has 3 aromatic rings. The first-order valence-corrected chi connectivity index (χ1v) is 7.59. The molecule has 112 valence electrons. The van der Waals surface area contributed by atoms with Gasteiger partial charge in [0.1, 0.15) is 6.10 Å². The molecule has 0 spiro atoms. The number of hydrogen-bond donors (Lipinski definition) is 1. The number of aromatic nitrogens is 1. The number of benzene rings is 2. The zero-order chi connectivity index (χ0) is 15.2. The van der Waals surface area contributed by atoms with Gasteiger partial charge in [0.05, 0.1) is 5.52 Å². The molecule has 0 fully saturated rings. The molecule has 3 heteroatoms. The van der Waals surface area contributed by atoms with Gasteiger partial charge < -0.3 is 10.1 Å². The van der Waals surface area contributed by atoms with Crippen molar-refractivity contribution in [2.75, 3.05) is 13.6 Å². The fraction of sp³-hybridized carbons (Fsp3) is 0.211. The summed E-state index contributed by atoms with van der Waals surface area (Å²) < 4.78 is 6.16. The van der Waals surface area contributed by atoms with Gasteiger partial charge in [0.15, 0.2) is 0 Å². The maximum atomic E-state index is 6.16. The largest absolute Gasteiger partial charge is 0.469 e. The Hall–Kier alpha value is -2.39. The van der Waals surface area contributed by atoms with Gasteiger partial charge in [0.2, 0.25) is 5.88 Å². The summed E-state index contributed by atoms with van der Waals surface area (Å²) in [5.41, 5.74) is 2.13. The lowest BCUT2D eigenvalue weighted by molar-refractivity contribution is 0.187. The number of pyridine rings is 1. The molecule has 22 heavy (non-hydrogen) atoms. The molecular formula is C19H20N2O. The third-order valence-corrected chi connectivity index (χ3v) is 3.66. The maximum absolute atomic E-state index is 6.16. The van der Waals surface area contributed by atoms with Gasteiger partial charge >= 0.3 is 0 Å². The molecule has 0 amide bonds. The Labute approximate surface area is 131 Å². The summed E-state index contributed by atoms with van der Waals surface area (Å²) in [4.78, 5) is 4.61. The number of ether oxygens (including phenoxy) is 1. The van der Waals surface area contributed by atoms with Gasteiger partial charge in [-0.2, -0.15) is 0 Å². The maximum Gasteiger partial charge on any atom is 0.214 e. The standard InChI is InChI=1S/C19H20N2O/c1-20-14-13-18(16-8-3-2-4-9-16)22-19-12-11-15-7-5-6-10-17(15)21-19/h2-12,18,20H,13-14H2,1H3. The van der Waals surface area contributed by atoms with Gasteiger partial charge in [-0.05, 0) is 31.3 Å². The average Bonchev–Trinajstić information content (AvgIpc) is 2.59. The number of fused-ring (bicyclic) bond motifs is 1. The number of hydrogen-bond acceptors (Lipinski definition) is 3. The Balaban J connectivity index is 1.84. The molecule has 3 nitrogen and oxygen atoms in total. The lowest BCUT2D eigenvalue weighted by Crippen LogP contribution is -2.16. The minimum atomic E-state index is 0.00214. The van der Waals surface area contributed by atoms with Crippen molar-refractivity contribution in [2.45, 2.75) is 12.5 Å². The van der Waals surface area contributed by atoms with E-state index in [1.165, 1.54) is 5.56 Å². The van der Waals surface area contributed by atoms with Crippen LogP contribution in [-0.2, 0) is 0 Å². The highest BCUT2D eigenvalue weighted by molar-refractivity contribution is 5.78. The summed E-state index contributed by atoms with van der Waals surface area (Å²) in [5.74, 6) is 0.670. The topological polar surface area (TPSA) is 34.1 Å². The van der Waals surface area contributed by atoms with E-state index in [-0.39, 0.29) is 6.10 Å². The first kappa shape index (κ1) is 14.5. The lowest BCUT2D eigenvalue weighted by Gasteiger charge is -2.19. The Bertz CT molecular complexity index is 728. The van der Waals surface area contributed by atoms with Crippen molar-refractivity contribution in [3.63, 3.8) is 0 Å². The minimum absolute atomic E-state index is 0.00214. The zero-order valence-corrected chi connectivity index (χ0v) is 12.7. The molecule has 1 heterocycles. The SMILES string of the molecule is CNCCC(Oc1ccc2ccccc2n1)c1ccccc1. The van der Waals surface area contributed by atoms with Crippen molar-refractivity contribution < 1.29 is 4.74 Å². The first-order chi connectivity index (χ1) is 10.9. The molecule has 0 aliphatic heterocycles. The van der Waals surface area contributed by atoms with Crippen LogP contribution >= 0.6 is 0 Å². The third-order valence-electron chi connectivity index (χ3n) is 3.66. The summed E-state index contributed by atoms with van der Waals surface area (Å²) in [6.07, 6.45) is 0.900. The van der Waals surface area contributed by atoms with E-state index in [1.807, 2.05) is 49.5 Å². The van der Waals surface area contributed by atoms with Gasteiger partial charge in [-0.3, -0.25) is 0 Å². The van der Waals surface area contributed by atoms with Gasteiger partial charge in [0.25, 0.3) is 0 Å². The van der Waals surface area contributed by atoms with Crippen LogP contribution in [0.3, 0.4) is 0 Å². The summed E-state index contributed by atoms with van der Waals surface area (Å²) >= 11 is 0. The molecule has 0 aliphatic carbocycles. The number of nitrogens with zero attached hydrogens (tertiary/aromatic N) is 1. The van der Waals surface area contributed by atoms with Crippen LogP contribution in [0.1, 0.15) is 18.1 Å². The second-order valence-electron chi connectivity index (χ2n) is 5.25. The Morgan fingerprint density at radius 2 is 1.73 bits per heavy atom. The highest BCUT2D eigenvalue weighted by Gasteiger charge is 2.13. The molecule has 1 aromatic heterocycles. The van der Waals surface area contributed by atoms with E-state index in [4.69, 9.17) is 4.74 Å². The second-order valence-corrected chi connectivity index (χ2v) is 5.25. The van der Waals surface area contributed by atoms with Crippen LogP contribution in [0.15, 0.2) is 66.7 Å². The highest BCUT2D eigenvalue weighted by atomic mass is 16.5. The van der Waals surface area contributed by atoms with Crippen LogP contribution in [0.4, 0.5) is 0 Å². The molecule has 1 unspecified atom stereocenters. The first-order valence-electron chi connectivity index (χ1n) is 7.59. The van der Waals surface area contributed by atoms with Crippen molar-refractivity contribution in [3.05, 3.63) is 72.3 Å². The number of para-hydroxylation sites is 1. The molecule has 1 N–H and O–H groups in total. The average molecular weight is 292 g/mol. The van der Waals surface area contributed by atoms with Crippen LogP contribution in [0.2, 0.25) is 0 Å². The summed E-state index contributed by atoms with van der Waals surface area (Å²) in [6, 6.07) is 22.4. The van der Waals surface area contributed by atoms with Crippen molar-refractivity contribution >= 4 is 10.9 Å². The lowest BCUT2D eigenvalue weighted by atomic mass is 10.1. The Morgan fingerprint density at radius 3 is 2.55 bits per heavy atom. The van der Waals surface area contributed by atoms with Gasteiger partial charge in [-0.15, -0.1) is 0 Å². The van der Waals surface area contributed by atoms with E-state index in [2.05, 4.69) is 34.6 Å². The van der Waals surface area contributed by atoms with Crippen molar-refractivity contribution in [3.8, 4) is 5.88 Å².